The van der Waals surface area contributed by atoms with Gasteiger partial charge in [0, 0.05) is 19.6 Å². The van der Waals surface area contributed by atoms with Crippen molar-refractivity contribution in [1.29, 1.82) is 0 Å². The van der Waals surface area contributed by atoms with Crippen molar-refractivity contribution in [2.75, 3.05) is 25.4 Å². The van der Waals surface area contributed by atoms with E-state index in [1.165, 1.54) is 13.8 Å². The third kappa shape index (κ3) is 5.33. The lowest BCUT2D eigenvalue weighted by Crippen LogP contribution is -2.56. The molecule has 118 valence electrons. The van der Waals surface area contributed by atoms with E-state index >= 15 is 0 Å². The highest BCUT2D eigenvalue weighted by Crippen LogP contribution is 2.14. The fourth-order valence-electron chi connectivity index (χ4n) is 1.59. The third-order valence-electron chi connectivity index (χ3n) is 2.77. The molecule has 0 aromatic heterocycles. The van der Waals surface area contributed by atoms with Gasteiger partial charge in [0.15, 0.2) is 0 Å². The molecule has 0 bridgehead atoms. The zero-order valence-corrected chi connectivity index (χ0v) is 13.1. The molecule has 0 aliphatic rings. The maximum absolute atomic E-state index is 11.9. The fraction of sp³-hybridized carbons (Fsp3) is 0.818. The van der Waals surface area contributed by atoms with E-state index < -0.39 is 27.6 Å². The molecule has 0 radical (unpaired) electrons. The number of sulfonamides is 1. The number of aliphatic carboxylic acids is 1. The number of carboxylic acids is 1. The minimum atomic E-state index is -3.41. The number of amides is 2. The van der Waals surface area contributed by atoms with Crippen molar-refractivity contribution in [3.8, 4) is 0 Å². The molecule has 0 rings (SSSR count). The number of likely N-dealkylation sites (N-methyl/N-ethyl adjacent to an activating group) is 1. The summed E-state index contributed by atoms with van der Waals surface area (Å²) < 4.78 is 25.1. The van der Waals surface area contributed by atoms with Crippen LogP contribution in [0.15, 0.2) is 0 Å². The van der Waals surface area contributed by atoms with Gasteiger partial charge in [-0.25, -0.2) is 22.7 Å². The molecule has 0 aromatic rings. The fourth-order valence-corrected chi connectivity index (χ4v) is 2.54. The molecule has 0 aromatic carbocycles. The van der Waals surface area contributed by atoms with Crippen LogP contribution in [0.2, 0.25) is 0 Å². The molecular weight excluding hydrogens is 286 g/mol. The lowest BCUT2D eigenvalue weighted by molar-refractivity contribution is -0.147. The van der Waals surface area contributed by atoms with Gasteiger partial charge in [0.25, 0.3) is 0 Å². The van der Waals surface area contributed by atoms with E-state index in [0.717, 1.165) is 4.90 Å². The first-order valence-corrected chi connectivity index (χ1v) is 8.00. The first kappa shape index (κ1) is 18.7. The Morgan fingerprint density at radius 1 is 1.25 bits per heavy atom. The SMILES string of the molecule is CCNS(=O)(=O)CCNC(=O)N(CC)C(C)(C)C(=O)O. The highest BCUT2D eigenvalue weighted by atomic mass is 32.2. The van der Waals surface area contributed by atoms with Crippen molar-refractivity contribution < 1.29 is 23.1 Å². The Hall–Kier alpha value is -1.35. The zero-order valence-electron chi connectivity index (χ0n) is 12.3. The smallest absolute Gasteiger partial charge is 0.329 e. The van der Waals surface area contributed by atoms with E-state index in [2.05, 4.69) is 10.0 Å². The minimum Gasteiger partial charge on any atom is -0.480 e. The quantitative estimate of drug-likeness (QED) is 0.575. The van der Waals surface area contributed by atoms with Gasteiger partial charge in [0.2, 0.25) is 10.0 Å². The summed E-state index contributed by atoms with van der Waals surface area (Å²) in [6.07, 6.45) is 0. The number of hydrogen-bond donors (Lipinski definition) is 3. The standard InChI is InChI=1S/C11H23N3O5S/c1-5-13-20(18,19)8-7-12-10(17)14(6-2)11(3,4)9(15)16/h13H,5-8H2,1-4H3,(H,12,17)(H,15,16). The monoisotopic (exact) mass is 309 g/mol. The molecule has 0 unspecified atom stereocenters. The molecule has 0 saturated carbocycles. The van der Waals surface area contributed by atoms with Crippen molar-refractivity contribution in [2.45, 2.75) is 33.2 Å². The average Bonchev–Trinajstić information content (AvgIpc) is 2.28. The van der Waals surface area contributed by atoms with Gasteiger partial charge < -0.3 is 15.3 Å². The van der Waals surface area contributed by atoms with Crippen LogP contribution in [-0.4, -0.2) is 61.4 Å². The van der Waals surface area contributed by atoms with Gasteiger partial charge in [0.05, 0.1) is 5.75 Å². The van der Waals surface area contributed by atoms with Crippen LogP contribution in [0.5, 0.6) is 0 Å². The summed E-state index contributed by atoms with van der Waals surface area (Å²) in [7, 11) is -3.41. The summed E-state index contributed by atoms with van der Waals surface area (Å²) in [4.78, 5) is 24.2. The van der Waals surface area contributed by atoms with E-state index in [4.69, 9.17) is 5.11 Å². The molecule has 0 aliphatic heterocycles. The average molecular weight is 309 g/mol. The lowest BCUT2D eigenvalue weighted by atomic mass is 10.0. The normalized spacial score (nSPS) is 12.0. The van der Waals surface area contributed by atoms with Crippen LogP contribution in [0.25, 0.3) is 0 Å². The Morgan fingerprint density at radius 2 is 1.80 bits per heavy atom. The summed E-state index contributed by atoms with van der Waals surface area (Å²) in [5.41, 5.74) is -1.36. The molecule has 0 spiro atoms. The Balaban J connectivity index is 4.57. The minimum absolute atomic E-state index is 0.0830. The van der Waals surface area contributed by atoms with E-state index in [9.17, 15) is 18.0 Å². The molecule has 0 aliphatic carbocycles. The second-order valence-electron chi connectivity index (χ2n) is 4.66. The Morgan fingerprint density at radius 3 is 2.20 bits per heavy atom. The highest BCUT2D eigenvalue weighted by molar-refractivity contribution is 7.89. The number of rotatable bonds is 8. The Kier molecular flexibility index (Phi) is 6.94. The van der Waals surface area contributed by atoms with E-state index in [-0.39, 0.29) is 25.4 Å². The van der Waals surface area contributed by atoms with Crippen LogP contribution < -0.4 is 10.0 Å². The van der Waals surface area contributed by atoms with Crippen LogP contribution in [0, 0.1) is 0 Å². The summed E-state index contributed by atoms with van der Waals surface area (Å²) in [5, 5.41) is 11.5. The van der Waals surface area contributed by atoms with Crippen molar-refractivity contribution in [2.24, 2.45) is 0 Å². The van der Waals surface area contributed by atoms with Gasteiger partial charge in [-0.1, -0.05) is 6.92 Å². The van der Waals surface area contributed by atoms with Gasteiger partial charge in [-0.2, -0.15) is 0 Å². The molecule has 0 atom stereocenters. The second kappa shape index (κ2) is 7.44. The molecule has 0 heterocycles. The van der Waals surface area contributed by atoms with Gasteiger partial charge in [-0.3, -0.25) is 0 Å². The van der Waals surface area contributed by atoms with E-state index in [1.807, 2.05) is 0 Å². The molecular formula is C11H23N3O5S. The van der Waals surface area contributed by atoms with Crippen LogP contribution in [0.1, 0.15) is 27.7 Å². The predicted octanol–water partition coefficient (Wildman–Crippen LogP) is -0.180. The first-order chi connectivity index (χ1) is 9.08. The van der Waals surface area contributed by atoms with Gasteiger partial charge in [-0.05, 0) is 20.8 Å². The van der Waals surface area contributed by atoms with Crippen LogP contribution in [0.4, 0.5) is 4.79 Å². The maximum Gasteiger partial charge on any atom is 0.329 e. The maximum atomic E-state index is 11.9. The summed E-state index contributed by atoms with van der Waals surface area (Å²) in [5.74, 6) is -1.38. The van der Waals surface area contributed by atoms with Crippen molar-refractivity contribution in [3.05, 3.63) is 0 Å². The molecule has 9 heteroatoms. The number of hydrogen-bond acceptors (Lipinski definition) is 4. The molecule has 0 saturated heterocycles. The van der Waals surface area contributed by atoms with Gasteiger partial charge in [-0.15, -0.1) is 0 Å². The van der Waals surface area contributed by atoms with E-state index in [0.29, 0.717) is 0 Å². The van der Waals surface area contributed by atoms with E-state index in [1.54, 1.807) is 13.8 Å². The number of nitrogens with one attached hydrogen (secondary N) is 2. The third-order valence-corrected chi connectivity index (χ3v) is 4.24. The Labute approximate surface area is 119 Å². The number of carbonyl (C=O) groups excluding carboxylic acids is 1. The summed E-state index contributed by atoms with van der Waals surface area (Å²) in [6, 6.07) is -0.605. The lowest BCUT2D eigenvalue weighted by Gasteiger charge is -2.34. The predicted molar refractivity (Wildman–Crippen MR) is 75.0 cm³/mol. The zero-order chi connectivity index (χ0) is 16.0. The van der Waals surface area contributed by atoms with Crippen LogP contribution in [0.3, 0.4) is 0 Å². The number of carbonyl (C=O) groups is 2. The molecule has 8 nitrogen and oxygen atoms in total. The summed E-state index contributed by atoms with van der Waals surface area (Å²) >= 11 is 0. The summed E-state index contributed by atoms with van der Waals surface area (Å²) in [6.45, 7) is 6.53. The van der Waals surface area contributed by atoms with Gasteiger partial charge >= 0.3 is 12.0 Å². The first-order valence-electron chi connectivity index (χ1n) is 6.34. The topological polar surface area (TPSA) is 116 Å². The van der Waals surface area contributed by atoms with Crippen LogP contribution in [-0.2, 0) is 14.8 Å². The molecule has 2 amide bonds. The number of carboxylic acid groups (broad SMARTS) is 1. The second-order valence-corrected chi connectivity index (χ2v) is 6.58. The van der Waals surface area contributed by atoms with Crippen molar-refractivity contribution in [3.63, 3.8) is 0 Å². The van der Waals surface area contributed by atoms with Gasteiger partial charge in [0.1, 0.15) is 5.54 Å². The molecule has 0 fully saturated rings. The molecule has 3 N–H and O–H groups in total. The Bertz CT molecular complexity index is 447. The van der Waals surface area contributed by atoms with Crippen molar-refractivity contribution in [1.82, 2.24) is 14.9 Å². The van der Waals surface area contributed by atoms with Crippen molar-refractivity contribution >= 4 is 22.0 Å². The largest absolute Gasteiger partial charge is 0.480 e. The van der Waals surface area contributed by atoms with Crippen LogP contribution >= 0.6 is 0 Å². The number of urea groups is 1. The number of nitrogens with zero attached hydrogens (tertiary/aromatic N) is 1. The highest BCUT2D eigenvalue weighted by Gasteiger charge is 2.36. The molecule has 20 heavy (non-hydrogen) atoms.